The van der Waals surface area contributed by atoms with E-state index in [9.17, 15) is 0 Å². The van der Waals surface area contributed by atoms with Crippen molar-refractivity contribution in [3.63, 3.8) is 0 Å². The highest BCUT2D eigenvalue weighted by molar-refractivity contribution is 4.98. The van der Waals surface area contributed by atoms with E-state index >= 15 is 0 Å². The van der Waals surface area contributed by atoms with Gasteiger partial charge in [-0.15, -0.1) is 11.8 Å². The van der Waals surface area contributed by atoms with Crippen LogP contribution >= 0.6 is 0 Å². The summed E-state index contributed by atoms with van der Waals surface area (Å²) in [4.78, 5) is 0. The quantitative estimate of drug-likeness (QED) is 0.631. The summed E-state index contributed by atoms with van der Waals surface area (Å²) in [5.74, 6) is 6.67. The highest BCUT2D eigenvalue weighted by Crippen LogP contribution is 2.08. The topological polar surface area (TPSA) is 21.3 Å². The van der Waals surface area contributed by atoms with E-state index in [-0.39, 0.29) is 0 Å². The largest absolute Gasteiger partial charge is 0.384 e. The average molecular weight is 197 g/mol. The van der Waals surface area contributed by atoms with Crippen molar-refractivity contribution < 1.29 is 4.74 Å². The smallest absolute Gasteiger partial charge is 0.0488 e. The maximum Gasteiger partial charge on any atom is 0.0488 e. The maximum atomic E-state index is 5.12. The van der Waals surface area contributed by atoms with Crippen molar-refractivity contribution >= 4 is 0 Å². The van der Waals surface area contributed by atoms with Crippen LogP contribution in [-0.2, 0) is 4.74 Å². The van der Waals surface area contributed by atoms with Crippen LogP contribution in [0.15, 0.2) is 0 Å². The lowest BCUT2D eigenvalue weighted by atomic mass is 10.0. The predicted octanol–water partition coefficient (Wildman–Crippen LogP) is 2.05. The van der Waals surface area contributed by atoms with E-state index in [1.807, 2.05) is 6.92 Å². The third-order valence-corrected chi connectivity index (χ3v) is 2.16. The van der Waals surface area contributed by atoms with Gasteiger partial charge in [-0.25, -0.2) is 0 Å². The lowest BCUT2D eigenvalue weighted by Gasteiger charge is -2.19. The summed E-state index contributed by atoms with van der Waals surface area (Å²) in [6.45, 7) is 8.08. The number of hydrogen-bond acceptors (Lipinski definition) is 2. The number of ether oxygens (including phenoxy) is 1. The van der Waals surface area contributed by atoms with Gasteiger partial charge in [-0.05, 0) is 25.8 Å². The first-order valence-corrected chi connectivity index (χ1v) is 5.36. The van der Waals surface area contributed by atoms with Crippen LogP contribution in [-0.4, -0.2) is 26.3 Å². The molecule has 0 aromatic carbocycles. The second kappa shape index (κ2) is 9.05. The van der Waals surface area contributed by atoms with Crippen molar-refractivity contribution in [2.45, 2.75) is 39.7 Å². The van der Waals surface area contributed by atoms with Gasteiger partial charge in [0.25, 0.3) is 0 Å². The Morgan fingerprint density at radius 1 is 1.43 bits per heavy atom. The molecule has 0 aliphatic carbocycles. The van der Waals surface area contributed by atoms with Gasteiger partial charge in [0.05, 0.1) is 0 Å². The molecule has 2 unspecified atom stereocenters. The maximum absolute atomic E-state index is 5.12. The van der Waals surface area contributed by atoms with E-state index in [1.165, 1.54) is 0 Å². The summed E-state index contributed by atoms with van der Waals surface area (Å²) in [5, 5.41) is 3.45. The fraction of sp³-hybridized carbons (Fsp3) is 0.833. The van der Waals surface area contributed by atoms with Crippen LogP contribution in [0.25, 0.3) is 0 Å². The zero-order valence-corrected chi connectivity index (χ0v) is 9.89. The van der Waals surface area contributed by atoms with E-state index in [2.05, 4.69) is 31.0 Å². The summed E-state index contributed by atoms with van der Waals surface area (Å²) in [5.41, 5.74) is 0. The third-order valence-electron chi connectivity index (χ3n) is 2.16. The normalized spacial score (nSPS) is 14.3. The summed E-state index contributed by atoms with van der Waals surface area (Å²) < 4.78 is 5.12. The molecule has 0 aromatic heterocycles. The van der Waals surface area contributed by atoms with Crippen LogP contribution in [0, 0.1) is 17.8 Å². The zero-order chi connectivity index (χ0) is 10.8. The Balaban J connectivity index is 3.85. The number of methoxy groups -OCH3 is 1. The van der Waals surface area contributed by atoms with Crippen molar-refractivity contribution in [3.8, 4) is 11.8 Å². The van der Waals surface area contributed by atoms with Crippen LogP contribution in [0.2, 0.25) is 0 Å². The number of rotatable bonds is 7. The Labute approximate surface area is 88.4 Å². The third kappa shape index (κ3) is 6.94. The molecule has 0 radical (unpaired) electrons. The van der Waals surface area contributed by atoms with Gasteiger partial charge in [-0.1, -0.05) is 13.8 Å². The van der Waals surface area contributed by atoms with Gasteiger partial charge in [-0.3, -0.25) is 0 Å². The van der Waals surface area contributed by atoms with Gasteiger partial charge in [-0.2, -0.15) is 0 Å². The molecule has 0 aromatic rings. The second-order valence-corrected chi connectivity index (χ2v) is 3.68. The molecule has 0 fully saturated rings. The fourth-order valence-corrected chi connectivity index (χ4v) is 1.59. The van der Waals surface area contributed by atoms with Gasteiger partial charge < -0.3 is 10.1 Å². The molecule has 2 atom stereocenters. The minimum Gasteiger partial charge on any atom is -0.384 e. The minimum absolute atomic E-state index is 0.512. The standard InChI is InChI=1S/C12H23NO/c1-5-7-8-12(13-6-2)9-11(3)10-14-4/h11-13H,6,8-10H2,1-4H3. The van der Waals surface area contributed by atoms with E-state index < -0.39 is 0 Å². The molecule has 0 saturated heterocycles. The predicted molar refractivity (Wildman–Crippen MR) is 61.2 cm³/mol. The van der Waals surface area contributed by atoms with Gasteiger partial charge >= 0.3 is 0 Å². The highest BCUT2D eigenvalue weighted by Gasteiger charge is 2.10. The first-order valence-electron chi connectivity index (χ1n) is 5.36. The molecule has 2 nitrogen and oxygen atoms in total. The summed E-state index contributed by atoms with van der Waals surface area (Å²) >= 11 is 0. The van der Waals surface area contributed by atoms with Crippen molar-refractivity contribution in [2.24, 2.45) is 5.92 Å². The molecule has 0 rings (SSSR count). The Kier molecular flexibility index (Phi) is 8.72. The van der Waals surface area contributed by atoms with Crippen LogP contribution in [0.4, 0.5) is 0 Å². The summed E-state index contributed by atoms with van der Waals surface area (Å²) in [6.07, 6.45) is 2.08. The lowest BCUT2D eigenvalue weighted by molar-refractivity contribution is 0.149. The molecular weight excluding hydrogens is 174 g/mol. The van der Waals surface area contributed by atoms with Crippen LogP contribution in [0.3, 0.4) is 0 Å². The van der Waals surface area contributed by atoms with Gasteiger partial charge in [0.1, 0.15) is 0 Å². The SMILES string of the molecule is CC#CCC(CC(C)COC)NCC. The lowest BCUT2D eigenvalue weighted by Crippen LogP contribution is -2.31. The molecule has 1 N–H and O–H groups in total. The highest BCUT2D eigenvalue weighted by atomic mass is 16.5. The Bertz CT molecular complexity index is 180. The van der Waals surface area contributed by atoms with Crippen LogP contribution < -0.4 is 5.32 Å². The van der Waals surface area contributed by atoms with Gasteiger partial charge in [0.2, 0.25) is 0 Å². The zero-order valence-electron chi connectivity index (χ0n) is 9.89. The van der Waals surface area contributed by atoms with E-state index in [1.54, 1.807) is 7.11 Å². The second-order valence-electron chi connectivity index (χ2n) is 3.68. The molecule has 0 aliphatic heterocycles. The fourth-order valence-electron chi connectivity index (χ4n) is 1.59. The Morgan fingerprint density at radius 3 is 2.64 bits per heavy atom. The molecule has 0 amide bonds. The van der Waals surface area contributed by atoms with Crippen molar-refractivity contribution in [3.05, 3.63) is 0 Å². The first-order chi connectivity index (χ1) is 6.74. The summed E-state index contributed by atoms with van der Waals surface area (Å²) in [7, 11) is 1.75. The molecule has 0 heterocycles. The van der Waals surface area contributed by atoms with Gasteiger partial charge in [0.15, 0.2) is 0 Å². The first kappa shape index (κ1) is 13.5. The van der Waals surface area contributed by atoms with Crippen molar-refractivity contribution in [2.75, 3.05) is 20.3 Å². The monoisotopic (exact) mass is 197 g/mol. The average Bonchev–Trinajstić information content (AvgIpc) is 2.15. The molecule has 2 heteroatoms. The molecule has 0 spiro atoms. The molecule has 0 aliphatic rings. The molecule has 82 valence electrons. The van der Waals surface area contributed by atoms with Crippen molar-refractivity contribution in [1.29, 1.82) is 0 Å². The van der Waals surface area contributed by atoms with Crippen molar-refractivity contribution in [1.82, 2.24) is 5.32 Å². The molecule has 0 bridgehead atoms. The number of hydrogen-bond donors (Lipinski definition) is 1. The molecule has 0 saturated carbocycles. The minimum atomic E-state index is 0.512. The Morgan fingerprint density at radius 2 is 2.14 bits per heavy atom. The van der Waals surface area contributed by atoms with E-state index in [0.29, 0.717) is 12.0 Å². The van der Waals surface area contributed by atoms with Gasteiger partial charge in [0, 0.05) is 26.2 Å². The Hall–Kier alpha value is -0.520. The van der Waals surface area contributed by atoms with E-state index in [4.69, 9.17) is 4.74 Å². The van der Waals surface area contributed by atoms with E-state index in [0.717, 1.165) is 26.0 Å². The molecule has 14 heavy (non-hydrogen) atoms. The number of nitrogens with one attached hydrogen (secondary N) is 1. The van der Waals surface area contributed by atoms with Crippen LogP contribution in [0.5, 0.6) is 0 Å². The van der Waals surface area contributed by atoms with Crippen LogP contribution in [0.1, 0.15) is 33.6 Å². The molecular formula is C12H23NO. The summed E-state index contributed by atoms with van der Waals surface area (Å²) in [6, 6.07) is 0.512.